The Labute approximate surface area is 115 Å². The maximum absolute atomic E-state index is 12.0. The SMILES string of the molecule is Cc1cc(S(=O)(=O)NCC2CCOC2)sc1C(=O)O. The molecule has 0 aromatic carbocycles. The Morgan fingerprint density at radius 3 is 2.89 bits per heavy atom. The molecule has 1 aliphatic rings. The van der Waals surface area contributed by atoms with Crippen molar-refractivity contribution in [3.05, 3.63) is 16.5 Å². The van der Waals surface area contributed by atoms with Gasteiger partial charge < -0.3 is 9.84 Å². The van der Waals surface area contributed by atoms with Gasteiger partial charge in [0.2, 0.25) is 10.0 Å². The van der Waals surface area contributed by atoms with Gasteiger partial charge in [0, 0.05) is 13.2 Å². The van der Waals surface area contributed by atoms with Gasteiger partial charge in [0.15, 0.2) is 0 Å². The second kappa shape index (κ2) is 5.58. The first-order chi connectivity index (χ1) is 8.90. The van der Waals surface area contributed by atoms with Crippen LogP contribution >= 0.6 is 11.3 Å². The number of ether oxygens (including phenoxy) is 1. The third kappa shape index (κ3) is 3.33. The molecule has 1 aliphatic heterocycles. The number of thiophene rings is 1. The third-order valence-electron chi connectivity index (χ3n) is 2.94. The van der Waals surface area contributed by atoms with Crippen molar-refractivity contribution in [1.82, 2.24) is 4.72 Å². The van der Waals surface area contributed by atoms with E-state index in [1.54, 1.807) is 6.92 Å². The first-order valence-corrected chi connectivity index (χ1v) is 8.11. The average Bonchev–Trinajstić information content (AvgIpc) is 2.95. The van der Waals surface area contributed by atoms with Gasteiger partial charge in [0.05, 0.1) is 6.61 Å². The monoisotopic (exact) mass is 305 g/mol. The minimum atomic E-state index is -3.63. The van der Waals surface area contributed by atoms with Gasteiger partial charge in [-0.1, -0.05) is 0 Å². The Bertz CT molecular complexity index is 572. The average molecular weight is 305 g/mol. The van der Waals surface area contributed by atoms with E-state index in [4.69, 9.17) is 9.84 Å². The third-order valence-corrected chi connectivity index (χ3v) is 6.06. The van der Waals surface area contributed by atoms with Crippen LogP contribution in [-0.4, -0.2) is 39.3 Å². The van der Waals surface area contributed by atoms with Gasteiger partial charge in [-0.2, -0.15) is 0 Å². The van der Waals surface area contributed by atoms with Crippen LogP contribution < -0.4 is 4.72 Å². The first-order valence-electron chi connectivity index (χ1n) is 5.81. The smallest absolute Gasteiger partial charge is 0.346 e. The summed E-state index contributed by atoms with van der Waals surface area (Å²) in [7, 11) is -3.63. The van der Waals surface area contributed by atoms with Crippen LogP contribution in [0.1, 0.15) is 21.7 Å². The lowest BCUT2D eigenvalue weighted by Gasteiger charge is -2.08. The van der Waals surface area contributed by atoms with E-state index in [1.807, 2.05) is 0 Å². The molecule has 8 heteroatoms. The Kier molecular flexibility index (Phi) is 4.24. The summed E-state index contributed by atoms with van der Waals surface area (Å²) in [4.78, 5) is 11.0. The van der Waals surface area contributed by atoms with Crippen molar-refractivity contribution >= 4 is 27.3 Å². The van der Waals surface area contributed by atoms with Crippen LogP contribution in [-0.2, 0) is 14.8 Å². The highest BCUT2D eigenvalue weighted by Gasteiger charge is 2.23. The van der Waals surface area contributed by atoms with Crippen molar-refractivity contribution < 1.29 is 23.1 Å². The summed E-state index contributed by atoms with van der Waals surface area (Å²) in [5, 5.41) is 8.93. The van der Waals surface area contributed by atoms with Crippen LogP contribution in [0.5, 0.6) is 0 Å². The van der Waals surface area contributed by atoms with Crippen molar-refractivity contribution in [1.29, 1.82) is 0 Å². The molecule has 2 rings (SSSR count). The summed E-state index contributed by atoms with van der Waals surface area (Å²) in [5.74, 6) is -0.914. The zero-order valence-corrected chi connectivity index (χ0v) is 12.0. The number of aromatic carboxylic acids is 1. The fourth-order valence-corrected chi connectivity index (χ4v) is 4.38. The molecule has 0 aliphatic carbocycles. The summed E-state index contributed by atoms with van der Waals surface area (Å²) in [6.45, 7) is 3.13. The Morgan fingerprint density at radius 1 is 1.63 bits per heavy atom. The van der Waals surface area contributed by atoms with E-state index in [-0.39, 0.29) is 15.0 Å². The molecule has 19 heavy (non-hydrogen) atoms. The molecular weight excluding hydrogens is 290 g/mol. The van der Waals surface area contributed by atoms with E-state index in [2.05, 4.69) is 4.72 Å². The number of rotatable bonds is 5. The molecule has 6 nitrogen and oxygen atoms in total. The van der Waals surface area contributed by atoms with Gasteiger partial charge in [0.1, 0.15) is 9.09 Å². The molecule has 0 radical (unpaired) electrons. The van der Waals surface area contributed by atoms with E-state index in [9.17, 15) is 13.2 Å². The first kappa shape index (κ1) is 14.4. The van der Waals surface area contributed by atoms with Gasteiger partial charge in [0.25, 0.3) is 0 Å². The number of hydrogen-bond acceptors (Lipinski definition) is 5. The molecule has 1 fully saturated rings. The van der Waals surface area contributed by atoms with E-state index < -0.39 is 16.0 Å². The lowest BCUT2D eigenvalue weighted by molar-refractivity contribution is 0.0701. The number of nitrogens with one attached hydrogen (secondary N) is 1. The second-order valence-electron chi connectivity index (χ2n) is 4.46. The number of hydrogen-bond donors (Lipinski definition) is 2. The van der Waals surface area contributed by atoms with Crippen LogP contribution in [0.2, 0.25) is 0 Å². The summed E-state index contributed by atoms with van der Waals surface area (Å²) >= 11 is 0.776. The highest BCUT2D eigenvalue weighted by atomic mass is 32.2. The molecule has 0 saturated carbocycles. The van der Waals surface area contributed by atoms with Crippen LogP contribution in [0.25, 0.3) is 0 Å². The number of aryl methyl sites for hydroxylation is 1. The molecule has 2 N–H and O–H groups in total. The van der Waals surface area contributed by atoms with Crippen molar-refractivity contribution in [3.63, 3.8) is 0 Å². The number of carbonyl (C=O) groups is 1. The van der Waals surface area contributed by atoms with Gasteiger partial charge in [-0.25, -0.2) is 17.9 Å². The van der Waals surface area contributed by atoms with Gasteiger partial charge in [-0.3, -0.25) is 0 Å². The fraction of sp³-hybridized carbons (Fsp3) is 0.545. The zero-order chi connectivity index (χ0) is 14.0. The molecule has 1 atom stereocenters. The second-order valence-corrected chi connectivity index (χ2v) is 7.51. The highest BCUT2D eigenvalue weighted by Crippen LogP contribution is 2.26. The normalized spacial score (nSPS) is 19.7. The molecule has 0 spiro atoms. The largest absolute Gasteiger partial charge is 0.477 e. The van der Waals surface area contributed by atoms with Gasteiger partial charge >= 0.3 is 5.97 Å². The molecule has 0 amide bonds. The van der Waals surface area contributed by atoms with Gasteiger partial charge in [-0.15, -0.1) is 11.3 Å². The molecular formula is C11H15NO5S2. The minimum Gasteiger partial charge on any atom is -0.477 e. The van der Waals surface area contributed by atoms with Crippen molar-refractivity contribution in [2.24, 2.45) is 5.92 Å². The van der Waals surface area contributed by atoms with Crippen molar-refractivity contribution in [3.8, 4) is 0 Å². The zero-order valence-electron chi connectivity index (χ0n) is 10.4. The predicted octanol–water partition coefficient (Wildman–Crippen LogP) is 1.07. The maximum Gasteiger partial charge on any atom is 0.346 e. The van der Waals surface area contributed by atoms with Crippen LogP contribution in [0.4, 0.5) is 0 Å². The maximum atomic E-state index is 12.0. The Morgan fingerprint density at radius 2 is 2.37 bits per heavy atom. The predicted molar refractivity (Wildman–Crippen MR) is 70.1 cm³/mol. The topological polar surface area (TPSA) is 92.7 Å². The van der Waals surface area contributed by atoms with E-state index in [1.165, 1.54) is 6.07 Å². The molecule has 1 saturated heterocycles. The summed E-state index contributed by atoms with van der Waals surface area (Å²) < 4.78 is 31.8. The summed E-state index contributed by atoms with van der Waals surface area (Å²) in [6, 6.07) is 1.39. The molecule has 1 unspecified atom stereocenters. The minimum absolute atomic E-state index is 0.0429. The van der Waals surface area contributed by atoms with Crippen LogP contribution in [0.15, 0.2) is 10.3 Å². The quantitative estimate of drug-likeness (QED) is 0.849. The molecule has 106 valence electrons. The van der Waals surface area contributed by atoms with E-state index in [0.29, 0.717) is 25.3 Å². The van der Waals surface area contributed by atoms with E-state index in [0.717, 1.165) is 17.8 Å². The summed E-state index contributed by atoms with van der Waals surface area (Å²) in [6.07, 6.45) is 0.840. The molecule has 2 heterocycles. The fourth-order valence-electron chi connectivity index (χ4n) is 1.84. The highest BCUT2D eigenvalue weighted by molar-refractivity contribution is 7.91. The molecule has 1 aromatic rings. The van der Waals surface area contributed by atoms with Crippen molar-refractivity contribution in [2.75, 3.05) is 19.8 Å². The standard InChI is InChI=1S/C11H15NO5S2/c1-7-4-9(18-10(7)11(13)14)19(15,16)12-5-8-2-3-17-6-8/h4,8,12H,2-3,5-6H2,1H3,(H,13,14). The summed E-state index contributed by atoms with van der Waals surface area (Å²) in [5.41, 5.74) is 0.460. The number of sulfonamides is 1. The lowest BCUT2D eigenvalue weighted by atomic mass is 10.1. The number of carboxylic acid groups (broad SMARTS) is 1. The van der Waals surface area contributed by atoms with E-state index >= 15 is 0 Å². The lowest BCUT2D eigenvalue weighted by Crippen LogP contribution is -2.29. The van der Waals surface area contributed by atoms with Crippen LogP contribution in [0, 0.1) is 12.8 Å². The van der Waals surface area contributed by atoms with Crippen molar-refractivity contribution in [2.45, 2.75) is 17.6 Å². The van der Waals surface area contributed by atoms with Crippen LogP contribution in [0.3, 0.4) is 0 Å². The molecule has 0 bridgehead atoms. The number of carboxylic acids is 1. The van der Waals surface area contributed by atoms with Gasteiger partial charge in [-0.05, 0) is 30.9 Å². The Balaban J connectivity index is 2.10. The molecule has 1 aromatic heterocycles. The Hall–Kier alpha value is -0.960.